The summed E-state index contributed by atoms with van der Waals surface area (Å²) in [6.45, 7) is 5.69. The predicted octanol–water partition coefficient (Wildman–Crippen LogP) is 2.11. The first-order valence-electron chi connectivity index (χ1n) is 6.54. The van der Waals surface area contributed by atoms with Crippen molar-refractivity contribution in [3.8, 4) is 0 Å². The molecule has 4 nitrogen and oxygen atoms in total. The second kappa shape index (κ2) is 5.65. The zero-order valence-corrected chi connectivity index (χ0v) is 10.7. The molecular weight excluding hydrogens is 216 g/mol. The molecule has 2 unspecified atom stereocenters. The normalized spacial score (nSPS) is 23.8. The highest BCUT2D eigenvalue weighted by atomic mass is 16.4. The first-order chi connectivity index (χ1) is 8.20. The van der Waals surface area contributed by atoms with E-state index in [2.05, 4.69) is 9.88 Å². The molecule has 0 radical (unpaired) electrons. The molecule has 1 aromatic rings. The van der Waals surface area contributed by atoms with Crippen molar-refractivity contribution in [2.24, 2.45) is 0 Å². The molecule has 1 aliphatic rings. The number of piperidine rings is 1. The van der Waals surface area contributed by atoms with Gasteiger partial charge in [0.1, 0.15) is 5.76 Å². The van der Waals surface area contributed by atoms with Crippen molar-refractivity contribution in [2.45, 2.75) is 58.2 Å². The molecule has 0 aliphatic carbocycles. The summed E-state index contributed by atoms with van der Waals surface area (Å²) in [7, 11) is 0. The van der Waals surface area contributed by atoms with Crippen LogP contribution < -0.4 is 0 Å². The van der Waals surface area contributed by atoms with Crippen molar-refractivity contribution in [3.63, 3.8) is 0 Å². The zero-order valence-electron chi connectivity index (χ0n) is 10.7. The summed E-state index contributed by atoms with van der Waals surface area (Å²) >= 11 is 0. The lowest BCUT2D eigenvalue weighted by Crippen LogP contribution is -2.46. The fourth-order valence-electron chi connectivity index (χ4n) is 2.57. The largest absolute Gasteiger partial charge is 0.445 e. The van der Waals surface area contributed by atoms with Gasteiger partial charge in [-0.05, 0) is 32.7 Å². The lowest BCUT2D eigenvalue weighted by atomic mass is 9.96. The molecule has 0 bridgehead atoms. The predicted molar refractivity (Wildman–Crippen MR) is 65.6 cm³/mol. The number of likely N-dealkylation sites (tertiary alicyclic amines) is 1. The average Bonchev–Trinajstić information content (AvgIpc) is 2.74. The fourth-order valence-corrected chi connectivity index (χ4v) is 2.57. The Morgan fingerprint density at radius 3 is 3.06 bits per heavy atom. The lowest BCUT2D eigenvalue weighted by molar-refractivity contribution is 0.0153. The van der Waals surface area contributed by atoms with Crippen LogP contribution >= 0.6 is 0 Å². The quantitative estimate of drug-likeness (QED) is 0.872. The van der Waals surface area contributed by atoms with Crippen molar-refractivity contribution in [1.29, 1.82) is 0 Å². The summed E-state index contributed by atoms with van der Waals surface area (Å²) in [5.74, 6) is 1.61. The highest BCUT2D eigenvalue weighted by Gasteiger charge is 2.28. The van der Waals surface area contributed by atoms with Crippen molar-refractivity contribution in [1.82, 2.24) is 9.88 Å². The minimum absolute atomic E-state index is 0.230. The monoisotopic (exact) mass is 238 g/mol. The van der Waals surface area contributed by atoms with Crippen molar-refractivity contribution in [2.75, 3.05) is 6.54 Å². The minimum atomic E-state index is -0.230. The van der Waals surface area contributed by atoms with Gasteiger partial charge >= 0.3 is 0 Å². The third-order valence-corrected chi connectivity index (χ3v) is 3.53. The number of aliphatic hydroxyl groups is 1. The fraction of sp³-hybridized carbons (Fsp3) is 0.769. The van der Waals surface area contributed by atoms with Gasteiger partial charge in [0.2, 0.25) is 5.89 Å². The van der Waals surface area contributed by atoms with E-state index in [1.54, 1.807) is 6.20 Å². The van der Waals surface area contributed by atoms with Gasteiger partial charge in [0.25, 0.3) is 0 Å². The maximum Gasteiger partial charge on any atom is 0.208 e. The van der Waals surface area contributed by atoms with Gasteiger partial charge < -0.3 is 9.52 Å². The Morgan fingerprint density at radius 1 is 1.59 bits per heavy atom. The molecule has 96 valence electrons. The Kier molecular flexibility index (Phi) is 4.18. The number of hydrogen-bond donors (Lipinski definition) is 1. The minimum Gasteiger partial charge on any atom is -0.445 e. The van der Waals surface area contributed by atoms with E-state index >= 15 is 0 Å². The molecule has 2 heterocycles. The molecule has 2 atom stereocenters. The third-order valence-electron chi connectivity index (χ3n) is 3.53. The van der Waals surface area contributed by atoms with E-state index in [1.165, 1.54) is 12.8 Å². The number of aliphatic hydroxyl groups excluding tert-OH is 1. The number of oxazole rings is 1. The Hall–Kier alpha value is -0.870. The molecule has 0 amide bonds. The molecule has 1 N–H and O–H groups in total. The number of rotatable bonds is 4. The van der Waals surface area contributed by atoms with E-state index in [9.17, 15) is 5.11 Å². The Morgan fingerprint density at radius 2 is 2.41 bits per heavy atom. The molecule has 0 aromatic carbocycles. The SMILES string of the molecule is CCC(O)C1CCCCN1Cc1ncc(C)o1. The van der Waals surface area contributed by atoms with Crippen LogP contribution in [0.3, 0.4) is 0 Å². The summed E-state index contributed by atoms with van der Waals surface area (Å²) in [4.78, 5) is 6.55. The summed E-state index contributed by atoms with van der Waals surface area (Å²) < 4.78 is 5.51. The number of aromatic nitrogens is 1. The van der Waals surface area contributed by atoms with Gasteiger partial charge in [-0.2, -0.15) is 0 Å². The van der Waals surface area contributed by atoms with E-state index in [4.69, 9.17) is 4.42 Å². The summed E-state index contributed by atoms with van der Waals surface area (Å²) in [5.41, 5.74) is 0. The maximum atomic E-state index is 10.0. The van der Waals surface area contributed by atoms with Crippen molar-refractivity contribution in [3.05, 3.63) is 17.8 Å². The van der Waals surface area contributed by atoms with Crippen LogP contribution in [-0.2, 0) is 6.54 Å². The summed E-state index contributed by atoms with van der Waals surface area (Å²) in [5, 5.41) is 10.0. The first kappa shape index (κ1) is 12.6. The van der Waals surface area contributed by atoms with Crippen molar-refractivity contribution >= 4 is 0 Å². The van der Waals surface area contributed by atoms with Crippen LogP contribution in [0.2, 0.25) is 0 Å². The summed E-state index contributed by atoms with van der Waals surface area (Å²) in [6.07, 6.45) is 5.83. The molecule has 0 saturated carbocycles. The van der Waals surface area contributed by atoms with Gasteiger partial charge in [0.15, 0.2) is 0 Å². The second-order valence-corrected chi connectivity index (χ2v) is 4.87. The van der Waals surface area contributed by atoms with Crippen molar-refractivity contribution < 1.29 is 9.52 Å². The van der Waals surface area contributed by atoms with E-state index in [0.717, 1.165) is 37.6 Å². The second-order valence-electron chi connectivity index (χ2n) is 4.87. The van der Waals surface area contributed by atoms with Crippen LogP contribution in [0.4, 0.5) is 0 Å². The van der Waals surface area contributed by atoms with Gasteiger partial charge in [-0.1, -0.05) is 13.3 Å². The topological polar surface area (TPSA) is 49.5 Å². The average molecular weight is 238 g/mol. The first-order valence-corrected chi connectivity index (χ1v) is 6.54. The van der Waals surface area contributed by atoms with Gasteiger partial charge in [-0.15, -0.1) is 0 Å². The molecule has 1 aliphatic heterocycles. The van der Waals surface area contributed by atoms with Crippen LogP contribution in [0.1, 0.15) is 44.3 Å². The lowest BCUT2D eigenvalue weighted by Gasteiger charge is -2.37. The number of hydrogen-bond acceptors (Lipinski definition) is 4. The smallest absolute Gasteiger partial charge is 0.208 e. The van der Waals surface area contributed by atoms with Gasteiger partial charge in [-0.25, -0.2) is 4.98 Å². The molecule has 4 heteroatoms. The molecule has 0 spiro atoms. The van der Waals surface area contributed by atoms with E-state index in [0.29, 0.717) is 0 Å². The Balaban J connectivity index is 2.01. The Labute approximate surface area is 103 Å². The molecule has 2 rings (SSSR count). The highest BCUT2D eigenvalue weighted by molar-refractivity contribution is 4.92. The molecule has 1 fully saturated rings. The Bertz CT molecular complexity index is 351. The molecule has 1 saturated heterocycles. The van der Waals surface area contributed by atoms with Crippen LogP contribution in [0.25, 0.3) is 0 Å². The number of nitrogens with zero attached hydrogens (tertiary/aromatic N) is 2. The van der Waals surface area contributed by atoms with E-state index in [1.807, 2.05) is 13.8 Å². The van der Waals surface area contributed by atoms with Crippen LogP contribution in [0, 0.1) is 6.92 Å². The third kappa shape index (κ3) is 3.07. The summed E-state index contributed by atoms with van der Waals surface area (Å²) in [6, 6.07) is 0.265. The standard InChI is InChI=1S/C13H22N2O2/c1-3-12(16)11-6-4-5-7-15(11)9-13-14-8-10(2)17-13/h8,11-12,16H,3-7,9H2,1-2H3. The molecular formula is C13H22N2O2. The van der Waals surface area contributed by atoms with Gasteiger partial charge in [-0.3, -0.25) is 4.90 Å². The highest BCUT2D eigenvalue weighted by Crippen LogP contribution is 2.23. The zero-order chi connectivity index (χ0) is 12.3. The number of aryl methyl sites for hydroxylation is 1. The van der Waals surface area contributed by atoms with Crippen LogP contribution in [-0.4, -0.2) is 33.7 Å². The van der Waals surface area contributed by atoms with E-state index in [-0.39, 0.29) is 12.1 Å². The van der Waals surface area contributed by atoms with Gasteiger partial charge in [0, 0.05) is 6.04 Å². The molecule has 1 aromatic heterocycles. The van der Waals surface area contributed by atoms with E-state index < -0.39 is 0 Å². The van der Waals surface area contributed by atoms with Crippen LogP contribution in [0.15, 0.2) is 10.6 Å². The van der Waals surface area contributed by atoms with Gasteiger partial charge in [0.05, 0.1) is 18.8 Å². The maximum absolute atomic E-state index is 10.0. The molecule has 17 heavy (non-hydrogen) atoms. The van der Waals surface area contributed by atoms with Crippen LogP contribution in [0.5, 0.6) is 0 Å².